The number of aromatic nitrogens is 1. The zero-order valence-corrected chi connectivity index (χ0v) is 12.8. The van der Waals surface area contributed by atoms with Gasteiger partial charge in [0, 0.05) is 18.8 Å². The predicted octanol–water partition coefficient (Wildman–Crippen LogP) is 1.82. The fraction of sp³-hybridized carbons (Fsp3) is 0.500. The largest absolute Gasteiger partial charge is 0.367 e. The minimum Gasteiger partial charge on any atom is -0.367 e. The quantitative estimate of drug-likeness (QED) is 0.700. The van der Waals surface area contributed by atoms with Crippen molar-refractivity contribution in [1.82, 2.24) is 10.3 Å². The molecule has 7 heteroatoms. The van der Waals surface area contributed by atoms with Crippen LogP contribution in [0.2, 0.25) is 0 Å². The molecule has 1 heterocycles. The van der Waals surface area contributed by atoms with Crippen LogP contribution in [0, 0.1) is 0 Å². The number of amides is 1. The molecule has 0 aliphatic rings. The molecular formula is C12H22Cl2N4O. The lowest BCUT2D eigenvalue weighted by Crippen LogP contribution is -2.27. The molecule has 0 fully saturated rings. The van der Waals surface area contributed by atoms with Gasteiger partial charge in [0.2, 0.25) is 0 Å². The maximum absolute atomic E-state index is 11.9. The third kappa shape index (κ3) is 7.20. The highest BCUT2D eigenvalue weighted by Crippen LogP contribution is 2.12. The Hall–Kier alpha value is -1.04. The zero-order chi connectivity index (χ0) is 12.7. The van der Waals surface area contributed by atoms with Crippen molar-refractivity contribution in [3.05, 3.63) is 23.9 Å². The maximum Gasteiger partial charge on any atom is 0.255 e. The Labute approximate surface area is 126 Å². The maximum atomic E-state index is 11.9. The molecule has 4 N–H and O–H groups in total. The van der Waals surface area contributed by atoms with Crippen molar-refractivity contribution < 1.29 is 4.79 Å². The minimum atomic E-state index is -0.116. The van der Waals surface area contributed by atoms with E-state index in [-0.39, 0.29) is 36.8 Å². The van der Waals surface area contributed by atoms with E-state index in [4.69, 9.17) is 5.73 Å². The summed E-state index contributed by atoms with van der Waals surface area (Å²) in [7, 11) is 0. The van der Waals surface area contributed by atoms with Crippen molar-refractivity contribution >= 4 is 36.5 Å². The van der Waals surface area contributed by atoms with Gasteiger partial charge < -0.3 is 16.4 Å². The number of carbonyl (C=O) groups excluding carboxylic acids is 1. The topological polar surface area (TPSA) is 80.0 Å². The summed E-state index contributed by atoms with van der Waals surface area (Å²) >= 11 is 0. The lowest BCUT2D eigenvalue weighted by atomic mass is 10.2. The fourth-order valence-electron chi connectivity index (χ4n) is 1.38. The number of hydrogen-bond donors (Lipinski definition) is 3. The van der Waals surface area contributed by atoms with Gasteiger partial charge in [-0.1, -0.05) is 0 Å². The summed E-state index contributed by atoms with van der Waals surface area (Å²) in [5.41, 5.74) is 5.94. The highest BCUT2D eigenvalue weighted by molar-refractivity contribution is 5.98. The van der Waals surface area contributed by atoms with Gasteiger partial charge in [-0.3, -0.25) is 4.79 Å². The second-order valence-electron chi connectivity index (χ2n) is 4.10. The van der Waals surface area contributed by atoms with E-state index in [1.54, 1.807) is 18.3 Å². The Morgan fingerprint density at radius 3 is 2.68 bits per heavy atom. The molecule has 0 aromatic carbocycles. The number of nitrogens with two attached hydrogens (primary N) is 1. The van der Waals surface area contributed by atoms with Gasteiger partial charge in [-0.2, -0.15) is 0 Å². The summed E-state index contributed by atoms with van der Waals surface area (Å²) in [5.74, 6) is 0.502. The Bertz CT molecular complexity index is 375. The Balaban J connectivity index is 0. The van der Waals surface area contributed by atoms with Gasteiger partial charge in [0.05, 0.1) is 5.56 Å². The lowest BCUT2D eigenvalue weighted by molar-refractivity contribution is 0.0954. The van der Waals surface area contributed by atoms with Crippen LogP contribution in [0.1, 0.15) is 30.6 Å². The molecule has 0 aliphatic carbocycles. The molecule has 0 unspecified atom stereocenters. The molecule has 1 amide bonds. The molecule has 0 aliphatic heterocycles. The predicted molar refractivity (Wildman–Crippen MR) is 83.5 cm³/mol. The molecule has 110 valence electrons. The van der Waals surface area contributed by atoms with Crippen molar-refractivity contribution in [3.8, 4) is 0 Å². The monoisotopic (exact) mass is 308 g/mol. The molecule has 0 radical (unpaired) electrons. The SMILES string of the molecule is CC(C)Nc1ncccc1C(=O)NCCCN.Cl.Cl. The van der Waals surface area contributed by atoms with Crippen LogP contribution in [-0.2, 0) is 0 Å². The number of anilines is 1. The summed E-state index contributed by atoms with van der Waals surface area (Å²) in [5, 5.41) is 5.96. The summed E-state index contributed by atoms with van der Waals surface area (Å²) in [6.07, 6.45) is 2.44. The Kier molecular flexibility index (Phi) is 11.6. The first kappa shape index (κ1) is 20.3. The molecule has 19 heavy (non-hydrogen) atoms. The molecule has 0 saturated heterocycles. The summed E-state index contributed by atoms with van der Waals surface area (Å²) < 4.78 is 0. The number of hydrogen-bond acceptors (Lipinski definition) is 4. The van der Waals surface area contributed by atoms with Crippen molar-refractivity contribution in [2.75, 3.05) is 18.4 Å². The summed E-state index contributed by atoms with van der Waals surface area (Å²) in [6, 6.07) is 3.75. The van der Waals surface area contributed by atoms with E-state index in [2.05, 4.69) is 15.6 Å². The average molecular weight is 309 g/mol. The first-order chi connectivity index (χ1) is 8.15. The number of nitrogens with zero attached hydrogens (tertiary/aromatic N) is 1. The molecule has 5 nitrogen and oxygen atoms in total. The van der Waals surface area contributed by atoms with E-state index >= 15 is 0 Å². The van der Waals surface area contributed by atoms with Crippen molar-refractivity contribution in [3.63, 3.8) is 0 Å². The van der Waals surface area contributed by atoms with Gasteiger partial charge >= 0.3 is 0 Å². The highest BCUT2D eigenvalue weighted by atomic mass is 35.5. The van der Waals surface area contributed by atoms with E-state index in [1.807, 2.05) is 13.8 Å². The second-order valence-corrected chi connectivity index (χ2v) is 4.10. The first-order valence-corrected chi connectivity index (χ1v) is 5.85. The lowest BCUT2D eigenvalue weighted by Gasteiger charge is -2.13. The van der Waals surface area contributed by atoms with Crippen LogP contribution in [0.25, 0.3) is 0 Å². The first-order valence-electron chi connectivity index (χ1n) is 5.85. The van der Waals surface area contributed by atoms with Crippen molar-refractivity contribution in [2.45, 2.75) is 26.3 Å². The number of pyridine rings is 1. The number of carbonyl (C=O) groups is 1. The molecule has 1 rings (SSSR count). The van der Waals surface area contributed by atoms with E-state index in [0.717, 1.165) is 6.42 Å². The summed E-state index contributed by atoms with van der Waals surface area (Å²) in [6.45, 7) is 5.17. The minimum absolute atomic E-state index is 0. The third-order valence-electron chi connectivity index (χ3n) is 2.14. The van der Waals surface area contributed by atoms with Gasteiger partial charge in [0.1, 0.15) is 5.82 Å². The molecule has 0 spiro atoms. The molecular weight excluding hydrogens is 287 g/mol. The Morgan fingerprint density at radius 1 is 1.42 bits per heavy atom. The molecule has 1 aromatic heterocycles. The van der Waals surface area contributed by atoms with E-state index in [1.165, 1.54) is 0 Å². The smallest absolute Gasteiger partial charge is 0.255 e. The van der Waals surface area contributed by atoms with Crippen LogP contribution in [0.15, 0.2) is 18.3 Å². The van der Waals surface area contributed by atoms with Crippen LogP contribution < -0.4 is 16.4 Å². The van der Waals surface area contributed by atoms with Crippen molar-refractivity contribution in [1.29, 1.82) is 0 Å². The Morgan fingerprint density at radius 2 is 2.11 bits per heavy atom. The zero-order valence-electron chi connectivity index (χ0n) is 11.2. The van der Waals surface area contributed by atoms with E-state index < -0.39 is 0 Å². The fourth-order valence-corrected chi connectivity index (χ4v) is 1.38. The summed E-state index contributed by atoms with van der Waals surface area (Å²) in [4.78, 5) is 16.1. The van der Waals surface area contributed by atoms with Gasteiger partial charge in [-0.25, -0.2) is 4.98 Å². The van der Waals surface area contributed by atoms with Gasteiger partial charge in [-0.05, 0) is 38.9 Å². The molecule has 0 atom stereocenters. The number of nitrogens with one attached hydrogen (secondary N) is 2. The van der Waals surface area contributed by atoms with Crippen LogP contribution in [0.3, 0.4) is 0 Å². The molecule has 0 saturated carbocycles. The van der Waals surface area contributed by atoms with Gasteiger partial charge in [0.15, 0.2) is 0 Å². The van der Waals surface area contributed by atoms with Crippen LogP contribution >= 0.6 is 24.8 Å². The van der Waals surface area contributed by atoms with Gasteiger partial charge in [0.25, 0.3) is 5.91 Å². The highest BCUT2D eigenvalue weighted by Gasteiger charge is 2.11. The molecule has 1 aromatic rings. The van der Waals surface area contributed by atoms with Crippen LogP contribution in [0.4, 0.5) is 5.82 Å². The van der Waals surface area contributed by atoms with E-state index in [0.29, 0.717) is 24.5 Å². The third-order valence-corrected chi connectivity index (χ3v) is 2.14. The number of halogens is 2. The van der Waals surface area contributed by atoms with Gasteiger partial charge in [-0.15, -0.1) is 24.8 Å². The standard InChI is InChI=1S/C12H20N4O.2ClH/c1-9(2)16-11-10(5-3-7-14-11)12(17)15-8-4-6-13;;/h3,5,7,9H,4,6,8,13H2,1-2H3,(H,14,16)(H,15,17);2*1H. The average Bonchev–Trinajstić information content (AvgIpc) is 2.29. The van der Waals surface area contributed by atoms with Crippen molar-refractivity contribution in [2.24, 2.45) is 5.73 Å². The second kappa shape index (κ2) is 10.8. The normalized spacial score (nSPS) is 9.26. The van der Waals surface area contributed by atoms with E-state index in [9.17, 15) is 4.79 Å². The van der Waals surface area contributed by atoms with Crippen LogP contribution in [0.5, 0.6) is 0 Å². The van der Waals surface area contributed by atoms with Crippen LogP contribution in [-0.4, -0.2) is 30.0 Å². The molecule has 0 bridgehead atoms. The number of rotatable bonds is 6.